The van der Waals surface area contributed by atoms with Gasteiger partial charge in [0.05, 0.1) is 13.2 Å². The van der Waals surface area contributed by atoms with Crippen LogP contribution < -0.4 is 0 Å². The molecule has 2 nitrogen and oxygen atoms in total. The fourth-order valence-electron chi connectivity index (χ4n) is 0.399. The smallest absolute Gasteiger partial charge is 0.167 e. The molecule has 0 saturated heterocycles. The molecule has 0 aliphatic heterocycles. The van der Waals surface area contributed by atoms with Crippen LogP contribution in [0.25, 0.3) is 0 Å². The van der Waals surface area contributed by atoms with Crippen LogP contribution in [0.5, 0.6) is 0 Å². The van der Waals surface area contributed by atoms with Gasteiger partial charge in [0.1, 0.15) is 5.76 Å². The first-order valence-electron chi connectivity index (χ1n) is 3.58. The summed E-state index contributed by atoms with van der Waals surface area (Å²) in [5, 5.41) is 7.32. The molecular formula is C10H14FNO. The summed E-state index contributed by atoms with van der Waals surface area (Å²) in [5.74, 6) is -0.407. The fourth-order valence-corrected chi connectivity index (χ4v) is 0.399. The summed E-state index contributed by atoms with van der Waals surface area (Å²) in [5.41, 5.74) is 0.437. The summed E-state index contributed by atoms with van der Waals surface area (Å²) in [6, 6.07) is 1.75. The summed E-state index contributed by atoms with van der Waals surface area (Å²) < 4.78 is 17.3. The van der Waals surface area contributed by atoms with E-state index < -0.39 is 5.83 Å². The Kier molecular flexibility index (Phi) is 9.19. The molecule has 0 heterocycles. The maximum absolute atomic E-state index is 12.8. The first-order chi connectivity index (χ1) is 6.04. The first-order valence-corrected chi connectivity index (χ1v) is 3.58. The number of nitriles is 1. The molecule has 0 N–H and O–H groups in total. The van der Waals surface area contributed by atoms with Gasteiger partial charge in [-0.05, 0) is 12.5 Å². The zero-order valence-electron chi connectivity index (χ0n) is 8.22. The highest BCUT2D eigenvalue weighted by atomic mass is 19.1. The minimum Gasteiger partial charge on any atom is -0.494 e. The van der Waals surface area contributed by atoms with Crippen molar-refractivity contribution in [3.63, 3.8) is 0 Å². The molecule has 3 heteroatoms. The van der Waals surface area contributed by atoms with E-state index in [1.807, 2.05) is 0 Å². The van der Waals surface area contributed by atoms with Crippen molar-refractivity contribution in [2.45, 2.75) is 13.8 Å². The van der Waals surface area contributed by atoms with E-state index >= 15 is 0 Å². The van der Waals surface area contributed by atoms with Gasteiger partial charge < -0.3 is 4.74 Å². The Morgan fingerprint density at radius 1 is 1.62 bits per heavy atom. The van der Waals surface area contributed by atoms with Crippen molar-refractivity contribution in [1.82, 2.24) is 0 Å². The molecule has 72 valence electrons. The highest BCUT2D eigenvalue weighted by Crippen LogP contribution is 2.15. The second-order valence-corrected chi connectivity index (χ2v) is 2.05. The summed E-state index contributed by atoms with van der Waals surface area (Å²) >= 11 is 0. The van der Waals surface area contributed by atoms with Gasteiger partial charge in [-0.2, -0.15) is 5.26 Å². The number of halogens is 1. The van der Waals surface area contributed by atoms with Gasteiger partial charge in [-0.25, -0.2) is 4.39 Å². The van der Waals surface area contributed by atoms with E-state index in [0.717, 1.165) is 0 Å². The number of hydrogen-bond acceptors (Lipinski definition) is 2. The quantitative estimate of drug-likeness (QED) is 0.497. The topological polar surface area (TPSA) is 33.0 Å². The van der Waals surface area contributed by atoms with Gasteiger partial charge in [-0.1, -0.05) is 19.2 Å². The third-order valence-electron chi connectivity index (χ3n) is 1.14. The minimum atomic E-state index is -0.447. The Morgan fingerprint density at radius 3 is 2.23 bits per heavy atom. The molecule has 0 spiro atoms. The summed E-state index contributed by atoms with van der Waals surface area (Å²) in [6.07, 6.45) is 1.42. The molecule has 0 atom stereocenters. The lowest BCUT2D eigenvalue weighted by atomic mass is 10.2. The number of ether oxygens (including phenoxy) is 1. The predicted molar refractivity (Wildman–Crippen MR) is 51.4 cm³/mol. The van der Waals surface area contributed by atoms with Crippen molar-refractivity contribution in [2.24, 2.45) is 0 Å². The molecule has 0 amide bonds. The number of nitrogens with zero attached hydrogens (tertiary/aromatic N) is 1. The summed E-state index contributed by atoms with van der Waals surface area (Å²) in [6.45, 7) is 9.78. The molecular weight excluding hydrogens is 169 g/mol. The van der Waals surface area contributed by atoms with Gasteiger partial charge in [0, 0.05) is 6.92 Å². The first kappa shape index (κ1) is 14.0. The Hall–Kier alpha value is -1.56. The minimum absolute atomic E-state index is 0.0393. The van der Waals surface area contributed by atoms with Gasteiger partial charge >= 0.3 is 0 Å². The highest BCUT2D eigenvalue weighted by molar-refractivity contribution is 5.28. The van der Waals surface area contributed by atoms with Crippen LogP contribution in [0.1, 0.15) is 13.8 Å². The molecule has 0 aromatic rings. The maximum atomic E-state index is 12.8. The number of hydrogen-bond donors (Lipinski definition) is 0. The Labute approximate surface area is 78.6 Å². The SMILES string of the molecule is C=C/C(C)=C(/F)C(=C)OC.CC#N. The third kappa shape index (κ3) is 6.82. The highest BCUT2D eigenvalue weighted by Gasteiger charge is 2.02. The molecule has 0 fully saturated rings. The van der Waals surface area contributed by atoms with E-state index in [1.165, 1.54) is 20.1 Å². The van der Waals surface area contributed by atoms with E-state index in [1.54, 1.807) is 13.0 Å². The van der Waals surface area contributed by atoms with Crippen LogP contribution in [0.2, 0.25) is 0 Å². The summed E-state index contributed by atoms with van der Waals surface area (Å²) in [4.78, 5) is 0. The van der Waals surface area contributed by atoms with Crippen LogP contribution in [0.4, 0.5) is 4.39 Å². The average molecular weight is 183 g/mol. The monoisotopic (exact) mass is 183 g/mol. The molecule has 13 heavy (non-hydrogen) atoms. The Balaban J connectivity index is 0. The van der Waals surface area contributed by atoms with Crippen LogP contribution in [0.3, 0.4) is 0 Å². The van der Waals surface area contributed by atoms with Crippen LogP contribution >= 0.6 is 0 Å². The van der Waals surface area contributed by atoms with Crippen molar-refractivity contribution in [3.8, 4) is 6.07 Å². The summed E-state index contributed by atoms with van der Waals surface area (Å²) in [7, 11) is 1.37. The fraction of sp³-hybridized carbons (Fsp3) is 0.300. The number of allylic oxidation sites excluding steroid dienone is 3. The molecule has 0 aromatic carbocycles. The van der Waals surface area contributed by atoms with Crippen LogP contribution in [0.15, 0.2) is 36.4 Å². The third-order valence-corrected chi connectivity index (χ3v) is 1.14. The Morgan fingerprint density at radius 2 is 2.00 bits per heavy atom. The van der Waals surface area contributed by atoms with Gasteiger partial charge in [-0.15, -0.1) is 0 Å². The lowest BCUT2D eigenvalue weighted by Gasteiger charge is -2.01. The maximum Gasteiger partial charge on any atom is 0.167 e. The molecule has 0 aromatic heterocycles. The van der Waals surface area contributed by atoms with Crippen molar-refractivity contribution >= 4 is 0 Å². The van der Waals surface area contributed by atoms with E-state index in [0.29, 0.717) is 5.57 Å². The van der Waals surface area contributed by atoms with E-state index in [-0.39, 0.29) is 5.76 Å². The molecule has 0 radical (unpaired) electrons. The van der Waals surface area contributed by atoms with Crippen LogP contribution in [0, 0.1) is 11.3 Å². The zero-order chi connectivity index (χ0) is 10.9. The molecule has 0 rings (SSSR count). The Bertz CT molecular complexity index is 248. The van der Waals surface area contributed by atoms with E-state index in [9.17, 15) is 4.39 Å². The standard InChI is InChI=1S/C8H11FO.C2H3N/c1-5-6(2)8(9)7(3)10-4;1-2-3/h5H,1,3H2,2,4H3;1H3/b8-6+;. The molecule has 0 saturated carbocycles. The van der Waals surface area contributed by atoms with Crippen molar-refractivity contribution < 1.29 is 9.13 Å². The lowest BCUT2D eigenvalue weighted by Crippen LogP contribution is -1.87. The zero-order valence-corrected chi connectivity index (χ0v) is 8.22. The molecule has 0 aliphatic carbocycles. The van der Waals surface area contributed by atoms with E-state index in [4.69, 9.17) is 5.26 Å². The average Bonchev–Trinajstić information content (AvgIpc) is 2.15. The van der Waals surface area contributed by atoms with E-state index in [2.05, 4.69) is 17.9 Å². The van der Waals surface area contributed by atoms with Gasteiger partial charge in [0.15, 0.2) is 5.83 Å². The molecule has 0 bridgehead atoms. The van der Waals surface area contributed by atoms with Gasteiger partial charge in [-0.3, -0.25) is 0 Å². The van der Waals surface area contributed by atoms with Crippen molar-refractivity contribution in [1.29, 1.82) is 5.26 Å². The second-order valence-electron chi connectivity index (χ2n) is 2.05. The normalized spacial score (nSPS) is 9.77. The van der Waals surface area contributed by atoms with Gasteiger partial charge in [0.2, 0.25) is 0 Å². The van der Waals surface area contributed by atoms with Crippen molar-refractivity contribution in [2.75, 3.05) is 7.11 Å². The molecule has 0 aliphatic rings. The van der Waals surface area contributed by atoms with Crippen LogP contribution in [-0.2, 0) is 4.74 Å². The predicted octanol–water partition coefficient (Wildman–Crippen LogP) is 3.11. The van der Waals surface area contributed by atoms with Crippen molar-refractivity contribution in [3.05, 3.63) is 36.4 Å². The van der Waals surface area contributed by atoms with Crippen LogP contribution in [-0.4, -0.2) is 7.11 Å². The molecule has 0 unspecified atom stereocenters. The number of methoxy groups -OCH3 is 1. The van der Waals surface area contributed by atoms with Gasteiger partial charge in [0.25, 0.3) is 0 Å². The number of rotatable bonds is 3. The second kappa shape index (κ2) is 8.54. The lowest BCUT2D eigenvalue weighted by molar-refractivity contribution is 0.284. The largest absolute Gasteiger partial charge is 0.494 e.